The van der Waals surface area contributed by atoms with Crippen molar-refractivity contribution in [1.29, 1.82) is 0 Å². The van der Waals surface area contributed by atoms with Crippen LogP contribution in [0.3, 0.4) is 0 Å². The van der Waals surface area contributed by atoms with Gasteiger partial charge in [0.15, 0.2) is 0 Å². The van der Waals surface area contributed by atoms with E-state index in [1.165, 1.54) is 18.2 Å². The summed E-state index contributed by atoms with van der Waals surface area (Å²) in [6, 6.07) is 7.66. The van der Waals surface area contributed by atoms with Crippen LogP contribution >= 0.6 is 33.9 Å². The van der Waals surface area contributed by atoms with Gasteiger partial charge in [-0.25, -0.2) is 4.39 Å². The van der Waals surface area contributed by atoms with E-state index < -0.39 is 4.92 Å². The van der Waals surface area contributed by atoms with Crippen molar-refractivity contribution in [2.75, 3.05) is 5.32 Å². The van der Waals surface area contributed by atoms with Crippen LogP contribution in [0.2, 0.25) is 0 Å². The van der Waals surface area contributed by atoms with E-state index in [-0.39, 0.29) is 10.8 Å². The first kappa shape index (κ1) is 13.2. The first-order valence-corrected chi connectivity index (χ1v) is 6.88. The molecular formula is C11H8FIN2O2S. The lowest BCUT2D eigenvalue weighted by molar-refractivity contribution is -0.380. The fourth-order valence-electron chi connectivity index (χ4n) is 1.37. The highest BCUT2D eigenvalue weighted by atomic mass is 127. The second-order valence-electron chi connectivity index (χ2n) is 3.47. The molecule has 0 unspecified atom stereocenters. The summed E-state index contributed by atoms with van der Waals surface area (Å²) in [4.78, 5) is 11.0. The molecule has 0 aliphatic carbocycles. The fourth-order valence-corrected chi connectivity index (χ4v) is 2.80. The van der Waals surface area contributed by atoms with Gasteiger partial charge in [-0.2, -0.15) is 0 Å². The summed E-state index contributed by atoms with van der Waals surface area (Å²) in [6.07, 6.45) is 0. The fraction of sp³-hybridized carbons (Fsp3) is 0.0909. The summed E-state index contributed by atoms with van der Waals surface area (Å²) >= 11 is 3.17. The highest BCUT2D eigenvalue weighted by Gasteiger charge is 2.09. The summed E-state index contributed by atoms with van der Waals surface area (Å²) in [5.41, 5.74) is 0.813. The third-order valence-corrected chi connectivity index (χ3v) is 4.14. The van der Waals surface area contributed by atoms with Crippen LogP contribution in [0.5, 0.6) is 0 Å². The van der Waals surface area contributed by atoms with Crippen LogP contribution in [0, 0.1) is 19.5 Å². The SMILES string of the molecule is O=[N+]([O-])c1ccc(CNc2ccc(F)cc2I)s1. The number of nitrogens with zero attached hydrogens (tertiary/aromatic N) is 1. The predicted octanol–water partition coefficient (Wildman–Crippen LogP) is 4.01. The molecule has 94 valence electrons. The van der Waals surface area contributed by atoms with E-state index in [1.807, 2.05) is 22.6 Å². The zero-order valence-corrected chi connectivity index (χ0v) is 12.0. The standard InChI is InChI=1S/C11H8FIN2O2S/c12-7-1-3-10(9(13)5-7)14-6-8-2-4-11(18-8)15(16)17/h1-5,14H,6H2. The van der Waals surface area contributed by atoms with Crippen molar-refractivity contribution in [3.05, 3.63) is 54.7 Å². The Morgan fingerprint density at radius 2 is 2.17 bits per heavy atom. The summed E-state index contributed by atoms with van der Waals surface area (Å²) in [5, 5.41) is 13.8. The van der Waals surface area contributed by atoms with Gasteiger partial charge in [0.25, 0.3) is 0 Å². The monoisotopic (exact) mass is 378 g/mol. The minimum Gasteiger partial charge on any atom is -0.379 e. The number of nitro groups is 1. The normalized spacial score (nSPS) is 10.3. The second-order valence-corrected chi connectivity index (χ2v) is 5.78. The van der Waals surface area contributed by atoms with Gasteiger partial charge in [-0.15, -0.1) is 0 Å². The molecule has 1 heterocycles. The third kappa shape index (κ3) is 3.16. The number of anilines is 1. The largest absolute Gasteiger partial charge is 0.379 e. The van der Waals surface area contributed by atoms with Crippen molar-refractivity contribution in [2.45, 2.75) is 6.54 Å². The van der Waals surface area contributed by atoms with Crippen LogP contribution in [0.15, 0.2) is 30.3 Å². The first-order valence-electron chi connectivity index (χ1n) is 4.98. The average molecular weight is 378 g/mol. The van der Waals surface area contributed by atoms with Gasteiger partial charge >= 0.3 is 5.00 Å². The average Bonchev–Trinajstić information content (AvgIpc) is 2.76. The second kappa shape index (κ2) is 5.61. The van der Waals surface area contributed by atoms with E-state index in [9.17, 15) is 14.5 Å². The third-order valence-electron chi connectivity index (χ3n) is 2.21. The lowest BCUT2D eigenvalue weighted by Crippen LogP contribution is -1.99. The molecule has 0 aliphatic heterocycles. The van der Waals surface area contributed by atoms with Crippen LogP contribution in [0.4, 0.5) is 15.1 Å². The van der Waals surface area contributed by atoms with Crippen molar-refractivity contribution < 1.29 is 9.31 Å². The van der Waals surface area contributed by atoms with Gasteiger partial charge in [0, 0.05) is 26.7 Å². The van der Waals surface area contributed by atoms with E-state index in [0.29, 0.717) is 6.54 Å². The van der Waals surface area contributed by atoms with E-state index in [1.54, 1.807) is 12.1 Å². The maximum absolute atomic E-state index is 12.9. The Morgan fingerprint density at radius 3 is 2.78 bits per heavy atom. The molecule has 0 bridgehead atoms. The van der Waals surface area contributed by atoms with Crippen molar-refractivity contribution in [1.82, 2.24) is 0 Å². The lowest BCUT2D eigenvalue weighted by atomic mass is 10.3. The molecule has 0 saturated heterocycles. The molecule has 18 heavy (non-hydrogen) atoms. The number of hydrogen-bond acceptors (Lipinski definition) is 4. The number of rotatable bonds is 4. The van der Waals surface area contributed by atoms with E-state index in [0.717, 1.165) is 25.5 Å². The molecule has 1 aromatic heterocycles. The van der Waals surface area contributed by atoms with Crippen LogP contribution in [0.1, 0.15) is 4.88 Å². The van der Waals surface area contributed by atoms with Gasteiger partial charge in [-0.05, 0) is 46.9 Å². The number of halogens is 2. The van der Waals surface area contributed by atoms with E-state index in [4.69, 9.17) is 0 Å². The topological polar surface area (TPSA) is 55.2 Å². The number of nitrogens with one attached hydrogen (secondary N) is 1. The summed E-state index contributed by atoms with van der Waals surface area (Å²) in [5.74, 6) is -0.281. The Labute approximate surface area is 120 Å². The first-order chi connectivity index (χ1) is 8.56. The number of thiophene rings is 1. The highest BCUT2D eigenvalue weighted by Crippen LogP contribution is 2.25. The maximum Gasteiger partial charge on any atom is 0.324 e. The van der Waals surface area contributed by atoms with Gasteiger partial charge in [0.05, 0.1) is 4.92 Å². The molecule has 0 spiro atoms. The molecule has 1 aromatic carbocycles. The van der Waals surface area contributed by atoms with Crippen molar-refractivity contribution in [3.63, 3.8) is 0 Å². The molecular weight excluding hydrogens is 370 g/mol. The van der Waals surface area contributed by atoms with E-state index >= 15 is 0 Å². The van der Waals surface area contributed by atoms with Crippen molar-refractivity contribution >= 4 is 44.6 Å². The van der Waals surface area contributed by atoms with Crippen molar-refractivity contribution in [2.24, 2.45) is 0 Å². The van der Waals surface area contributed by atoms with Gasteiger partial charge in [0.2, 0.25) is 0 Å². The summed E-state index contributed by atoms with van der Waals surface area (Å²) in [7, 11) is 0. The molecule has 2 rings (SSSR count). The van der Waals surface area contributed by atoms with Gasteiger partial charge in [0.1, 0.15) is 5.82 Å². The Hall–Kier alpha value is -1.22. The molecule has 7 heteroatoms. The minimum atomic E-state index is -0.407. The van der Waals surface area contributed by atoms with Crippen LogP contribution in [0.25, 0.3) is 0 Å². The lowest BCUT2D eigenvalue weighted by Gasteiger charge is -2.06. The molecule has 0 amide bonds. The van der Waals surface area contributed by atoms with E-state index in [2.05, 4.69) is 5.32 Å². The van der Waals surface area contributed by atoms with Gasteiger partial charge in [-0.1, -0.05) is 11.3 Å². The molecule has 0 radical (unpaired) electrons. The maximum atomic E-state index is 12.9. The van der Waals surface area contributed by atoms with Gasteiger partial charge < -0.3 is 5.32 Å². The van der Waals surface area contributed by atoms with Crippen LogP contribution < -0.4 is 5.32 Å². The summed E-state index contributed by atoms with van der Waals surface area (Å²) < 4.78 is 13.7. The minimum absolute atomic E-state index is 0.126. The van der Waals surface area contributed by atoms with Crippen LogP contribution in [-0.2, 0) is 6.54 Å². The predicted molar refractivity (Wildman–Crippen MR) is 77.4 cm³/mol. The summed E-state index contributed by atoms with van der Waals surface area (Å²) in [6.45, 7) is 0.486. The number of benzene rings is 1. The van der Waals surface area contributed by atoms with Crippen LogP contribution in [-0.4, -0.2) is 4.92 Å². The highest BCUT2D eigenvalue weighted by molar-refractivity contribution is 14.1. The van der Waals surface area contributed by atoms with Gasteiger partial charge in [-0.3, -0.25) is 10.1 Å². The Bertz CT molecular complexity index is 588. The zero-order valence-electron chi connectivity index (χ0n) is 9.02. The quantitative estimate of drug-likeness (QED) is 0.497. The van der Waals surface area contributed by atoms with Crippen molar-refractivity contribution in [3.8, 4) is 0 Å². The smallest absolute Gasteiger partial charge is 0.324 e. The molecule has 0 saturated carbocycles. The zero-order chi connectivity index (χ0) is 13.1. The molecule has 0 fully saturated rings. The molecule has 1 N–H and O–H groups in total. The Kier molecular flexibility index (Phi) is 4.12. The molecule has 0 aliphatic rings. The Morgan fingerprint density at radius 1 is 1.39 bits per heavy atom. The number of hydrogen-bond donors (Lipinski definition) is 1. The Balaban J connectivity index is 2.04. The molecule has 2 aromatic rings. The molecule has 4 nitrogen and oxygen atoms in total. The molecule has 0 atom stereocenters.